The molecule has 0 spiro atoms. The van der Waals surface area contributed by atoms with Crippen LogP contribution >= 0.6 is 0 Å². The summed E-state index contributed by atoms with van der Waals surface area (Å²) in [5, 5.41) is 10.5. The predicted octanol–water partition coefficient (Wildman–Crippen LogP) is 4.70. The molecule has 1 unspecified atom stereocenters. The molecule has 1 fully saturated rings. The molecule has 1 aliphatic rings. The van der Waals surface area contributed by atoms with Crippen LogP contribution in [-0.2, 0) is 5.60 Å². The number of halogens is 3. The molecule has 1 aromatic rings. The summed E-state index contributed by atoms with van der Waals surface area (Å²) in [5.41, 5.74) is -2.08. The highest BCUT2D eigenvalue weighted by molar-refractivity contribution is 5.65. The lowest BCUT2D eigenvalue weighted by Gasteiger charge is -2.32. The minimum Gasteiger partial charge on any atom is -0.496 e. The van der Waals surface area contributed by atoms with Crippen LogP contribution in [0.4, 0.5) is 18.9 Å². The van der Waals surface area contributed by atoms with E-state index < -0.39 is 18.2 Å². The molecule has 4 nitrogen and oxygen atoms in total. The largest absolute Gasteiger partial charge is 0.496 e. The van der Waals surface area contributed by atoms with Crippen molar-refractivity contribution in [2.45, 2.75) is 57.7 Å². The standard InChI is InChI=1S/C19H27F3N2O2/c1-4-5-8-18(25,19(20,21)22)15-11-14(2)16(12-17(15)26-3)23-13-24-9-6-7-10-24/h11-13,25H,4-10H2,1-3H3/b23-13+. The van der Waals surface area contributed by atoms with Crippen molar-refractivity contribution < 1.29 is 23.0 Å². The van der Waals surface area contributed by atoms with Crippen molar-refractivity contribution in [2.75, 3.05) is 20.2 Å². The SMILES string of the molecule is CCCCC(O)(c1cc(C)c(/N=C/N2CCCC2)cc1OC)C(F)(F)F. The number of ether oxygens (including phenoxy) is 1. The fourth-order valence-electron chi connectivity index (χ4n) is 3.17. The maximum atomic E-state index is 13.7. The molecule has 1 saturated heterocycles. The van der Waals surface area contributed by atoms with E-state index in [1.165, 1.54) is 19.2 Å². The average molecular weight is 372 g/mol. The van der Waals surface area contributed by atoms with Crippen LogP contribution in [-0.4, -0.2) is 42.7 Å². The number of aliphatic imine (C=N–C) groups is 1. The summed E-state index contributed by atoms with van der Waals surface area (Å²) in [4.78, 5) is 6.48. The third kappa shape index (κ3) is 4.31. The molecule has 0 aromatic heterocycles. The van der Waals surface area contributed by atoms with Gasteiger partial charge in [-0.2, -0.15) is 13.2 Å². The van der Waals surface area contributed by atoms with Crippen molar-refractivity contribution in [1.29, 1.82) is 0 Å². The number of rotatable bonds is 7. The quantitative estimate of drug-likeness (QED) is 0.557. The Balaban J connectivity index is 2.43. The molecule has 0 radical (unpaired) electrons. The van der Waals surface area contributed by atoms with Gasteiger partial charge in [-0.25, -0.2) is 4.99 Å². The van der Waals surface area contributed by atoms with Crippen molar-refractivity contribution in [3.8, 4) is 5.75 Å². The minimum absolute atomic E-state index is 0.0000926. The van der Waals surface area contributed by atoms with Crippen LogP contribution in [0.2, 0.25) is 0 Å². The second kappa shape index (κ2) is 8.29. The van der Waals surface area contributed by atoms with Gasteiger partial charge in [0.15, 0.2) is 5.60 Å². The Bertz CT molecular complexity index is 640. The first-order chi connectivity index (χ1) is 12.2. The van der Waals surface area contributed by atoms with E-state index in [0.29, 0.717) is 17.7 Å². The summed E-state index contributed by atoms with van der Waals surface area (Å²) >= 11 is 0. The zero-order valence-electron chi connectivity index (χ0n) is 15.6. The van der Waals surface area contributed by atoms with Gasteiger partial charge in [-0.3, -0.25) is 0 Å². The molecule has 1 aliphatic heterocycles. The summed E-state index contributed by atoms with van der Waals surface area (Å²) in [6.07, 6.45) is -0.430. The van der Waals surface area contributed by atoms with E-state index in [0.717, 1.165) is 25.9 Å². The molecule has 26 heavy (non-hydrogen) atoms. The van der Waals surface area contributed by atoms with E-state index in [4.69, 9.17) is 4.74 Å². The number of nitrogens with zero attached hydrogens (tertiary/aromatic N) is 2. The van der Waals surface area contributed by atoms with Gasteiger partial charge in [0, 0.05) is 24.7 Å². The van der Waals surface area contributed by atoms with E-state index in [1.54, 1.807) is 20.2 Å². The van der Waals surface area contributed by atoms with E-state index in [-0.39, 0.29) is 17.7 Å². The monoisotopic (exact) mass is 372 g/mol. The number of hydrogen-bond donors (Lipinski definition) is 1. The Morgan fingerprint density at radius 1 is 1.27 bits per heavy atom. The highest BCUT2D eigenvalue weighted by Gasteiger charge is 2.55. The van der Waals surface area contributed by atoms with Gasteiger partial charge >= 0.3 is 6.18 Å². The van der Waals surface area contributed by atoms with E-state index >= 15 is 0 Å². The van der Waals surface area contributed by atoms with Crippen LogP contribution in [0.15, 0.2) is 17.1 Å². The molecular formula is C19H27F3N2O2. The third-order valence-corrected chi connectivity index (χ3v) is 4.83. The second-order valence-electron chi connectivity index (χ2n) is 6.79. The zero-order chi connectivity index (χ0) is 19.4. The fraction of sp³-hybridized carbons (Fsp3) is 0.632. The summed E-state index contributed by atoms with van der Waals surface area (Å²) in [5.74, 6) is 0.0000926. The molecule has 1 N–H and O–H groups in total. The summed E-state index contributed by atoms with van der Waals surface area (Å²) < 4.78 is 46.2. The van der Waals surface area contributed by atoms with Crippen molar-refractivity contribution in [3.63, 3.8) is 0 Å². The smallest absolute Gasteiger partial charge is 0.421 e. The van der Waals surface area contributed by atoms with Crippen LogP contribution < -0.4 is 4.74 Å². The lowest BCUT2D eigenvalue weighted by Crippen LogP contribution is -2.42. The highest BCUT2D eigenvalue weighted by Crippen LogP contribution is 2.47. The number of methoxy groups -OCH3 is 1. The molecule has 2 rings (SSSR count). The van der Waals surface area contributed by atoms with Crippen LogP contribution in [0, 0.1) is 6.92 Å². The molecule has 7 heteroatoms. The van der Waals surface area contributed by atoms with Gasteiger partial charge < -0.3 is 14.7 Å². The first kappa shape index (κ1) is 20.6. The van der Waals surface area contributed by atoms with Crippen molar-refractivity contribution in [2.24, 2.45) is 4.99 Å². The summed E-state index contributed by atoms with van der Waals surface area (Å²) in [6, 6.07) is 2.82. The van der Waals surface area contributed by atoms with Crippen molar-refractivity contribution >= 4 is 12.0 Å². The second-order valence-corrected chi connectivity index (χ2v) is 6.79. The van der Waals surface area contributed by atoms with Crippen molar-refractivity contribution in [1.82, 2.24) is 4.90 Å². The average Bonchev–Trinajstić information content (AvgIpc) is 3.10. The molecule has 1 atom stereocenters. The maximum Gasteiger partial charge on any atom is 0.421 e. The lowest BCUT2D eigenvalue weighted by atomic mass is 9.86. The Kier molecular flexibility index (Phi) is 6.55. The zero-order valence-corrected chi connectivity index (χ0v) is 15.6. The molecule has 1 heterocycles. The highest BCUT2D eigenvalue weighted by atomic mass is 19.4. The number of hydrogen-bond acceptors (Lipinski definition) is 3. The Morgan fingerprint density at radius 3 is 2.46 bits per heavy atom. The minimum atomic E-state index is -4.79. The summed E-state index contributed by atoms with van der Waals surface area (Å²) in [6.45, 7) is 5.34. The molecule has 0 bridgehead atoms. The predicted molar refractivity (Wildman–Crippen MR) is 96.2 cm³/mol. The van der Waals surface area contributed by atoms with Crippen LogP contribution in [0.1, 0.15) is 50.2 Å². The lowest BCUT2D eigenvalue weighted by molar-refractivity contribution is -0.270. The topological polar surface area (TPSA) is 45.1 Å². The molecular weight excluding hydrogens is 345 g/mol. The van der Waals surface area contributed by atoms with Gasteiger partial charge in [-0.05, 0) is 37.8 Å². The normalized spacial score (nSPS) is 17.7. The first-order valence-corrected chi connectivity index (χ1v) is 8.99. The van der Waals surface area contributed by atoms with E-state index in [1.807, 2.05) is 0 Å². The number of likely N-dealkylation sites (tertiary alicyclic amines) is 1. The Labute approximate surface area is 152 Å². The third-order valence-electron chi connectivity index (χ3n) is 4.83. The van der Waals surface area contributed by atoms with Crippen LogP contribution in [0.5, 0.6) is 5.75 Å². The number of benzene rings is 1. The Morgan fingerprint density at radius 2 is 1.92 bits per heavy atom. The van der Waals surface area contributed by atoms with Crippen LogP contribution in [0.3, 0.4) is 0 Å². The Hall–Kier alpha value is -1.76. The maximum absolute atomic E-state index is 13.7. The van der Waals surface area contributed by atoms with Gasteiger partial charge in [-0.1, -0.05) is 19.8 Å². The van der Waals surface area contributed by atoms with Crippen LogP contribution in [0.25, 0.3) is 0 Å². The number of aryl methyl sites for hydroxylation is 1. The summed E-state index contributed by atoms with van der Waals surface area (Å²) in [7, 11) is 1.30. The van der Waals surface area contributed by atoms with E-state index in [9.17, 15) is 18.3 Å². The fourth-order valence-corrected chi connectivity index (χ4v) is 3.17. The molecule has 1 aromatic carbocycles. The molecule has 0 amide bonds. The van der Waals surface area contributed by atoms with Gasteiger partial charge in [0.05, 0.1) is 19.1 Å². The van der Waals surface area contributed by atoms with E-state index in [2.05, 4.69) is 9.89 Å². The number of unbranched alkanes of at least 4 members (excludes halogenated alkanes) is 1. The molecule has 146 valence electrons. The molecule has 0 aliphatic carbocycles. The van der Waals surface area contributed by atoms with Gasteiger partial charge in [0.2, 0.25) is 0 Å². The number of aliphatic hydroxyl groups is 1. The van der Waals surface area contributed by atoms with Gasteiger partial charge in [0.25, 0.3) is 0 Å². The van der Waals surface area contributed by atoms with Gasteiger partial charge in [-0.15, -0.1) is 0 Å². The van der Waals surface area contributed by atoms with Gasteiger partial charge in [0.1, 0.15) is 5.75 Å². The van der Waals surface area contributed by atoms with Crippen molar-refractivity contribution in [3.05, 3.63) is 23.3 Å². The number of alkyl halides is 3. The molecule has 0 saturated carbocycles. The first-order valence-electron chi connectivity index (χ1n) is 8.99.